The molecule has 4 N–H and O–H groups in total. The van der Waals surface area contributed by atoms with Crippen molar-refractivity contribution in [3.05, 3.63) is 11.4 Å². The molecule has 104 valence electrons. The van der Waals surface area contributed by atoms with Gasteiger partial charge in [0, 0.05) is 20.2 Å². The highest BCUT2D eigenvalue weighted by Gasteiger charge is 2.26. The molecule has 0 unspecified atom stereocenters. The molecule has 1 aromatic heterocycles. The van der Waals surface area contributed by atoms with Crippen LogP contribution in [0, 0.1) is 6.92 Å². The normalized spacial score (nSPS) is 12.9. The molecule has 0 fully saturated rings. The van der Waals surface area contributed by atoms with Crippen LogP contribution in [0.15, 0.2) is 4.90 Å². The van der Waals surface area contributed by atoms with Gasteiger partial charge in [-0.15, -0.1) is 0 Å². The number of methoxy groups -OCH3 is 1. The van der Waals surface area contributed by atoms with E-state index in [1.807, 2.05) is 0 Å². The zero-order valence-electron chi connectivity index (χ0n) is 11.1. The molecule has 1 aromatic rings. The molecule has 7 nitrogen and oxygen atoms in total. The Morgan fingerprint density at radius 2 is 2.11 bits per heavy atom. The maximum absolute atomic E-state index is 12.2. The Morgan fingerprint density at radius 1 is 1.50 bits per heavy atom. The molecule has 0 amide bonds. The third-order valence-corrected chi connectivity index (χ3v) is 4.27. The van der Waals surface area contributed by atoms with E-state index >= 15 is 0 Å². The van der Waals surface area contributed by atoms with Crippen LogP contribution in [-0.2, 0) is 21.3 Å². The summed E-state index contributed by atoms with van der Waals surface area (Å²) >= 11 is 0. The molecular formula is C10H20N4O3S. The number of H-pyrrole nitrogens is 1. The molecule has 1 rings (SSSR count). The van der Waals surface area contributed by atoms with Crippen LogP contribution in [0.2, 0.25) is 0 Å². The summed E-state index contributed by atoms with van der Waals surface area (Å²) in [5.41, 5.74) is 5.69. The monoisotopic (exact) mass is 276 g/mol. The third-order valence-electron chi connectivity index (χ3n) is 2.66. The first-order valence-corrected chi connectivity index (χ1v) is 7.00. The van der Waals surface area contributed by atoms with Crippen molar-refractivity contribution in [2.75, 3.05) is 13.7 Å². The molecule has 0 saturated carbocycles. The average molecular weight is 276 g/mol. The molecule has 0 aliphatic carbocycles. The minimum atomic E-state index is -3.64. The summed E-state index contributed by atoms with van der Waals surface area (Å²) in [6.07, 6.45) is 0. The lowest BCUT2D eigenvalue weighted by atomic mass is 10.1. The fourth-order valence-corrected chi connectivity index (χ4v) is 2.95. The number of hydrogen-bond donors (Lipinski definition) is 3. The van der Waals surface area contributed by atoms with Crippen LogP contribution in [0.3, 0.4) is 0 Å². The Balaban J connectivity index is 2.97. The summed E-state index contributed by atoms with van der Waals surface area (Å²) in [5.74, 6) is 0. The highest BCUT2D eigenvalue weighted by molar-refractivity contribution is 7.89. The second kappa shape index (κ2) is 5.35. The minimum absolute atomic E-state index is 0.0637. The number of sulfonamides is 1. The van der Waals surface area contributed by atoms with Gasteiger partial charge in [-0.1, -0.05) is 0 Å². The topological polar surface area (TPSA) is 110 Å². The van der Waals surface area contributed by atoms with E-state index in [0.717, 1.165) is 0 Å². The summed E-state index contributed by atoms with van der Waals surface area (Å²) < 4.78 is 32.0. The number of aromatic nitrogens is 2. The summed E-state index contributed by atoms with van der Waals surface area (Å²) in [4.78, 5) is 0.122. The Morgan fingerprint density at radius 3 is 2.61 bits per heavy atom. The molecule has 18 heavy (non-hydrogen) atoms. The number of hydrogen-bond acceptors (Lipinski definition) is 5. The number of ether oxygens (including phenoxy) is 1. The predicted molar refractivity (Wildman–Crippen MR) is 67.5 cm³/mol. The van der Waals surface area contributed by atoms with Gasteiger partial charge in [0.2, 0.25) is 10.0 Å². The second-order valence-electron chi connectivity index (χ2n) is 4.62. The van der Waals surface area contributed by atoms with Crippen LogP contribution >= 0.6 is 0 Å². The SMILES string of the molecule is COC(C)(C)CNS(=O)(=O)c1c(CN)n[nH]c1C. The highest BCUT2D eigenvalue weighted by Crippen LogP contribution is 2.17. The van der Waals surface area contributed by atoms with E-state index in [1.165, 1.54) is 7.11 Å². The minimum Gasteiger partial charge on any atom is -0.377 e. The van der Waals surface area contributed by atoms with E-state index in [9.17, 15) is 8.42 Å². The molecular weight excluding hydrogens is 256 g/mol. The zero-order valence-corrected chi connectivity index (χ0v) is 11.9. The van der Waals surface area contributed by atoms with E-state index < -0.39 is 15.6 Å². The fourth-order valence-electron chi connectivity index (χ4n) is 1.38. The average Bonchev–Trinajstić information content (AvgIpc) is 2.69. The molecule has 0 bridgehead atoms. The second-order valence-corrected chi connectivity index (χ2v) is 6.32. The van der Waals surface area contributed by atoms with Gasteiger partial charge in [-0.2, -0.15) is 5.10 Å². The maximum atomic E-state index is 12.2. The van der Waals surface area contributed by atoms with Crippen molar-refractivity contribution >= 4 is 10.0 Å². The number of nitrogens with one attached hydrogen (secondary N) is 2. The van der Waals surface area contributed by atoms with Gasteiger partial charge in [-0.3, -0.25) is 5.10 Å². The molecule has 0 aromatic carbocycles. The summed E-state index contributed by atoms with van der Waals surface area (Å²) in [6.45, 7) is 5.46. The summed E-state index contributed by atoms with van der Waals surface area (Å²) in [5, 5.41) is 6.49. The van der Waals surface area contributed by atoms with Crippen LogP contribution in [-0.4, -0.2) is 37.9 Å². The van der Waals surface area contributed by atoms with Crippen molar-refractivity contribution in [3.8, 4) is 0 Å². The number of aromatic amines is 1. The van der Waals surface area contributed by atoms with Gasteiger partial charge in [0.05, 0.1) is 17.0 Å². The quantitative estimate of drug-likeness (QED) is 0.671. The van der Waals surface area contributed by atoms with Crippen LogP contribution in [0.4, 0.5) is 0 Å². The van der Waals surface area contributed by atoms with Crippen molar-refractivity contribution in [2.45, 2.75) is 37.8 Å². The van der Waals surface area contributed by atoms with Gasteiger partial charge in [0.25, 0.3) is 0 Å². The number of rotatable bonds is 6. The number of nitrogens with two attached hydrogens (primary N) is 1. The van der Waals surface area contributed by atoms with Gasteiger partial charge in [-0.25, -0.2) is 13.1 Å². The summed E-state index contributed by atoms with van der Waals surface area (Å²) in [6, 6.07) is 0. The van der Waals surface area contributed by atoms with Gasteiger partial charge >= 0.3 is 0 Å². The van der Waals surface area contributed by atoms with E-state index in [4.69, 9.17) is 10.5 Å². The Kier molecular flexibility index (Phi) is 4.49. The molecule has 0 radical (unpaired) electrons. The van der Waals surface area contributed by atoms with Gasteiger partial charge in [-0.05, 0) is 20.8 Å². The first-order chi connectivity index (χ1) is 8.23. The molecule has 1 heterocycles. The fraction of sp³-hybridized carbons (Fsp3) is 0.700. The largest absolute Gasteiger partial charge is 0.377 e. The van der Waals surface area contributed by atoms with Gasteiger partial charge in [0.1, 0.15) is 4.90 Å². The van der Waals surface area contributed by atoms with Crippen molar-refractivity contribution in [1.82, 2.24) is 14.9 Å². The van der Waals surface area contributed by atoms with Crippen molar-refractivity contribution in [1.29, 1.82) is 0 Å². The third kappa shape index (κ3) is 3.29. The Hall–Kier alpha value is -0.960. The lowest BCUT2D eigenvalue weighted by Crippen LogP contribution is -2.40. The van der Waals surface area contributed by atoms with E-state index in [2.05, 4.69) is 14.9 Å². The van der Waals surface area contributed by atoms with E-state index in [1.54, 1.807) is 20.8 Å². The molecule has 8 heteroatoms. The smallest absolute Gasteiger partial charge is 0.244 e. The van der Waals surface area contributed by atoms with Crippen molar-refractivity contribution in [2.24, 2.45) is 5.73 Å². The Bertz CT molecular complexity index is 507. The molecule has 0 saturated heterocycles. The van der Waals surface area contributed by atoms with Crippen LogP contribution in [0.5, 0.6) is 0 Å². The first kappa shape index (κ1) is 15.1. The standard InChI is InChI=1S/C10H20N4O3S/c1-7-9(8(5-11)14-13-7)18(15,16)12-6-10(2,3)17-4/h12H,5-6,11H2,1-4H3,(H,13,14). The van der Waals surface area contributed by atoms with Gasteiger partial charge in [0.15, 0.2) is 0 Å². The lowest BCUT2D eigenvalue weighted by Gasteiger charge is -2.23. The molecule has 0 spiro atoms. The van der Waals surface area contributed by atoms with Gasteiger partial charge < -0.3 is 10.5 Å². The van der Waals surface area contributed by atoms with E-state index in [-0.39, 0.29) is 18.0 Å². The van der Waals surface area contributed by atoms with Crippen molar-refractivity contribution in [3.63, 3.8) is 0 Å². The first-order valence-electron chi connectivity index (χ1n) is 5.52. The van der Waals surface area contributed by atoms with E-state index in [0.29, 0.717) is 11.4 Å². The van der Waals surface area contributed by atoms with Crippen LogP contribution < -0.4 is 10.5 Å². The van der Waals surface area contributed by atoms with Crippen LogP contribution in [0.25, 0.3) is 0 Å². The summed E-state index contributed by atoms with van der Waals surface area (Å²) in [7, 11) is -2.11. The maximum Gasteiger partial charge on any atom is 0.244 e. The zero-order chi connectivity index (χ0) is 14.0. The predicted octanol–water partition coefficient (Wildman–Crippen LogP) is -0.120. The highest BCUT2D eigenvalue weighted by atomic mass is 32.2. The van der Waals surface area contributed by atoms with Crippen LogP contribution in [0.1, 0.15) is 25.2 Å². The van der Waals surface area contributed by atoms with Crippen molar-refractivity contribution < 1.29 is 13.2 Å². The molecule has 0 aliphatic rings. The number of aryl methyl sites for hydroxylation is 1. The molecule has 0 aliphatic heterocycles. The Labute approximate surface area is 107 Å². The number of nitrogens with zero attached hydrogens (tertiary/aromatic N) is 1. The molecule has 0 atom stereocenters. The lowest BCUT2D eigenvalue weighted by molar-refractivity contribution is 0.0276.